The van der Waals surface area contributed by atoms with Crippen LogP contribution in [0, 0.1) is 0 Å². The molecular formula is C48H81N3O16P2. The van der Waals surface area contributed by atoms with Crippen LogP contribution in [0.25, 0.3) is 0 Å². The van der Waals surface area contributed by atoms with Gasteiger partial charge in [-0.25, -0.2) is 13.9 Å². The molecule has 0 radical (unpaired) electrons. The van der Waals surface area contributed by atoms with Gasteiger partial charge in [-0.1, -0.05) is 159 Å². The van der Waals surface area contributed by atoms with Crippen LogP contribution in [0.3, 0.4) is 0 Å². The summed E-state index contributed by atoms with van der Waals surface area (Å²) in [6.45, 7) is 1.96. The SMILES string of the molecule is CCCCCCCCCCCCCCCC(=O)OC[C@H](COP(=O)(O)OP(=O)(O)OC[C@H]1O[C@@H](n2ccc(N)nc2=O)[C@H](O)[C@@H]1O)OC(=O)CCC/C=C\C/C=C\C/C=C\C=C\[C@@H](O)CCCCC. The Morgan fingerprint density at radius 1 is 0.768 bits per heavy atom. The van der Waals surface area contributed by atoms with Crippen LogP contribution >= 0.6 is 15.6 Å². The van der Waals surface area contributed by atoms with Gasteiger partial charge in [-0.15, -0.1) is 0 Å². The number of aliphatic hydroxyl groups is 3. The number of aliphatic hydroxyl groups excluding tert-OH is 3. The molecule has 1 saturated heterocycles. The molecule has 7 N–H and O–H groups in total. The molecule has 1 aromatic rings. The number of nitrogen functional groups attached to an aromatic ring is 1. The van der Waals surface area contributed by atoms with Crippen LogP contribution in [0.2, 0.25) is 0 Å². The summed E-state index contributed by atoms with van der Waals surface area (Å²) in [5, 5.41) is 30.8. The van der Waals surface area contributed by atoms with E-state index in [-0.39, 0.29) is 18.7 Å². The number of esters is 2. The lowest BCUT2D eigenvalue weighted by molar-refractivity contribution is -0.161. The van der Waals surface area contributed by atoms with E-state index in [4.69, 9.17) is 29.0 Å². The van der Waals surface area contributed by atoms with Crippen LogP contribution in [0.1, 0.15) is 168 Å². The van der Waals surface area contributed by atoms with Gasteiger partial charge in [-0.05, 0) is 44.6 Å². The summed E-state index contributed by atoms with van der Waals surface area (Å²) >= 11 is 0. The van der Waals surface area contributed by atoms with Gasteiger partial charge >= 0.3 is 33.3 Å². The predicted molar refractivity (Wildman–Crippen MR) is 262 cm³/mol. The number of nitrogens with zero attached hydrogens (tertiary/aromatic N) is 2. The van der Waals surface area contributed by atoms with Gasteiger partial charge in [0.1, 0.15) is 30.7 Å². The minimum absolute atomic E-state index is 0.0454. The van der Waals surface area contributed by atoms with Crippen molar-refractivity contribution >= 4 is 33.4 Å². The van der Waals surface area contributed by atoms with Crippen LogP contribution < -0.4 is 11.4 Å². The summed E-state index contributed by atoms with van der Waals surface area (Å²) < 4.78 is 56.6. The number of rotatable bonds is 40. The first-order chi connectivity index (χ1) is 33.1. The minimum atomic E-state index is -5.44. The van der Waals surface area contributed by atoms with Gasteiger partial charge in [-0.3, -0.25) is 23.2 Å². The molecule has 0 spiro atoms. The number of phosphoric acid groups is 2. The zero-order chi connectivity index (χ0) is 50.8. The quantitative estimate of drug-likeness (QED) is 0.0118. The number of unbranched alkanes of at least 4 members (excludes halogenated alkanes) is 15. The maximum atomic E-state index is 12.8. The lowest BCUT2D eigenvalue weighted by Gasteiger charge is -2.21. The van der Waals surface area contributed by atoms with Crippen LogP contribution in [0.4, 0.5) is 5.82 Å². The average Bonchev–Trinajstić information content (AvgIpc) is 3.58. The highest BCUT2D eigenvalue weighted by atomic mass is 31.3. The van der Waals surface area contributed by atoms with Crippen molar-refractivity contribution in [1.29, 1.82) is 0 Å². The molecule has 0 amide bonds. The number of aromatic nitrogens is 2. The maximum absolute atomic E-state index is 12.8. The van der Waals surface area contributed by atoms with Crippen molar-refractivity contribution in [2.45, 2.75) is 198 Å². The fraction of sp³-hybridized carbons (Fsp3) is 0.708. The van der Waals surface area contributed by atoms with Crippen molar-refractivity contribution in [2.24, 2.45) is 0 Å². The van der Waals surface area contributed by atoms with Crippen molar-refractivity contribution in [2.75, 3.05) is 25.6 Å². The summed E-state index contributed by atoms with van der Waals surface area (Å²) in [4.78, 5) is 61.8. The average molecular weight is 1020 g/mol. The molecule has 0 saturated carbocycles. The molecule has 2 unspecified atom stereocenters. The Bertz CT molecular complexity index is 1860. The fourth-order valence-corrected chi connectivity index (χ4v) is 9.23. The largest absolute Gasteiger partial charge is 0.481 e. The minimum Gasteiger partial charge on any atom is -0.462 e. The molecule has 69 heavy (non-hydrogen) atoms. The highest BCUT2D eigenvalue weighted by molar-refractivity contribution is 7.61. The number of anilines is 1. The summed E-state index contributed by atoms with van der Waals surface area (Å²) in [6, 6.07) is 1.24. The molecular weight excluding hydrogens is 936 g/mol. The Morgan fingerprint density at radius 2 is 1.35 bits per heavy atom. The third-order valence-electron chi connectivity index (χ3n) is 11.0. The van der Waals surface area contributed by atoms with E-state index in [0.29, 0.717) is 25.7 Å². The molecule has 19 nitrogen and oxygen atoms in total. The van der Waals surface area contributed by atoms with E-state index in [1.807, 2.05) is 42.5 Å². The second-order valence-corrected chi connectivity index (χ2v) is 20.2. The normalized spacial score (nSPS) is 20.2. The number of nitrogens with two attached hydrogens (primary N) is 1. The van der Waals surface area contributed by atoms with Crippen LogP contribution in [-0.4, -0.2) is 96.9 Å². The number of carbonyl (C=O) groups excluding carboxylic acids is 2. The van der Waals surface area contributed by atoms with E-state index < -0.39 is 89.8 Å². The number of ether oxygens (including phenoxy) is 3. The highest BCUT2D eigenvalue weighted by Crippen LogP contribution is 2.60. The molecule has 0 aliphatic carbocycles. The summed E-state index contributed by atoms with van der Waals surface area (Å²) in [5.74, 6) is -1.39. The predicted octanol–water partition coefficient (Wildman–Crippen LogP) is 8.75. The first-order valence-corrected chi connectivity index (χ1v) is 27.7. The Hall–Kier alpha value is -3.32. The molecule has 0 aromatic carbocycles. The lowest BCUT2D eigenvalue weighted by atomic mass is 10.0. The Balaban J connectivity index is 1.85. The lowest BCUT2D eigenvalue weighted by Crippen LogP contribution is -2.36. The molecule has 394 valence electrons. The van der Waals surface area contributed by atoms with Gasteiger partial charge in [0.05, 0.1) is 19.3 Å². The Morgan fingerprint density at radius 3 is 2.00 bits per heavy atom. The zero-order valence-electron chi connectivity index (χ0n) is 40.7. The summed E-state index contributed by atoms with van der Waals surface area (Å²) in [6.07, 6.45) is 29.6. The first-order valence-electron chi connectivity index (χ1n) is 24.8. The molecule has 2 rings (SSSR count). The van der Waals surface area contributed by atoms with Gasteiger partial charge in [0.15, 0.2) is 12.3 Å². The third kappa shape index (κ3) is 29.6. The molecule has 1 aromatic heterocycles. The molecule has 1 fully saturated rings. The van der Waals surface area contributed by atoms with E-state index >= 15 is 0 Å². The van der Waals surface area contributed by atoms with Crippen molar-refractivity contribution in [3.05, 3.63) is 71.4 Å². The van der Waals surface area contributed by atoms with Gasteiger partial charge in [0.2, 0.25) is 0 Å². The zero-order valence-corrected chi connectivity index (χ0v) is 42.5. The van der Waals surface area contributed by atoms with Crippen molar-refractivity contribution in [1.82, 2.24) is 9.55 Å². The second kappa shape index (κ2) is 36.6. The molecule has 1 aliphatic rings. The topological polar surface area (TPSA) is 286 Å². The number of hydrogen-bond donors (Lipinski definition) is 6. The molecule has 1 aliphatic heterocycles. The van der Waals surface area contributed by atoms with Crippen molar-refractivity contribution < 1.29 is 71.4 Å². The van der Waals surface area contributed by atoms with Gasteiger partial charge in [-0.2, -0.15) is 9.29 Å². The van der Waals surface area contributed by atoms with Crippen molar-refractivity contribution in [3.63, 3.8) is 0 Å². The van der Waals surface area contributed by atoms with E-state index in [1.54, 1.807) is 6.08 Å². The molecule has 21 heteroatoms. The third-order valence-corrected chi connectivity index (χ3v) is 13.6. The van der Waals surface area contributed by atoms with Gasteiger partial charge in [0.25, 0.3) is 0 Å². The van der Waals surface area contributed by atoms with Gasteiger partial charge < -0.3 is 45.1 Å². The number of carbonyl (C=O) groups is 2. The fourth-order valence-electron chi connectivity index (χ4n) is 7.12. The Kier molecular flexibility index (Phi) is 32.8. The monoisotopic (exact) mass is 1020 g/mol. The standard InChI is InChI=1S/C48H81N3O16P2/c1-3-5-7-8-9-10-11-12-15-18-21-24-28-32-43(53)62-36-40(65-44(54)33-29-25-22-19-16-13-14-17-20-23-27-31-39(52)30-26-6-4-2)37-63-68(58,59)67-69(60,61)64-38-41-45(55)46(56)47(66-41)51-35-34-42(49)50-48(51)57/h13-14,19-20,22-23,27,31,34-35,39-41,45-47,52,55-56H,3-12,15-18,21,24-26,28-30,32-33,36-38H2,1-2H3,(H,58,59)(H,60,61)(H2,49,50,57)/b14-13-,22-19-,23-20-,31-27+/t39-,40+,41+,45+,46+,47+/m0/s1. The first kappa shape index (κ1) is 61.8. The summed E-state index contributed by atoms with van der Waals surface area (Å²) in [7, 11) is -10.9. The molecule has 8 atom stereocenters. The number of hydrogen-bond acceptors (Lipinski definition) is 16. The smallest absolute Gasteiger partial charge is 0.462 e. The molecule has 0 bridgehead atoms. The second-order valence-electron chi connectivity index (χ2n) is 17.2. The highest BCUT2D eigenvalue weighted by Gasteiger charge is 2.46. The van der Waals surface area contributed by atoms with Crippen LogP contribution in [0.5, 0.6) is 0 Å². The molecule has 2 heterocycles. The Labute approximate surface area is 408 Å². The van der Waals surface area contributed by atoms with Crippen molar-refractivity contribution in [3.8, 4) is 0 Å². The van der Waals surface area contributed by atoms with Gasteiger partial charge in [0, 0.05) is 19.0 Å². The van der Waals surface area contributed by atoms with E-state index in [9.17, 15) is 48.6 Å². The number of phosphoric ester groups is 2. The maximum Gasteiger partial charge on any atom is 0.481 e. The van der Waals surface area contributed by atoms with E-state index in [0.717, 1.165) is 68.6 Å². The number of allylic oxidation sites excluding steroid dienone is 7. The van der Waals surface area contributed by atoms with Crippen LogP contribution in [0.15, 0.2) is 65.7 Å². The van der Waals surface area contributed by atoms with Crippen LogP contribution in [-0.2, 0) is 46.3 Å². The summed E-state index contributed by atoms with van der Waals surface area (Å²) in [5.41, 5.74) is 4.57. The van der Waals surface area contributed by atoms with E-state index in [1.165, 1.54) is 57.4 Å². The van der Waals surface area contributed by atoms with E-state index in [2.05, 4.69) is 23.1 Å².